The maximum Gasteiger partial charge on any atom is 0.329 e. The summed E-state index contributed by atoms with van der Waals surface area (Å²) in [6.07, 6.45) is 0.592. The number of benzene rings is 1. The molecule has 2 aromatic rings. The fraction of sp³-hybridized carbons (Fsp3) is 0.381. The van der Waals surface area contributed by atoms with Gasteiger partial charge in [-0.15, -0.1) is 11.3 Å². The lowest BCUT2D eigenvalue weighted by molar-refractivity contribution is -0.151. The van der Waals surface area contributed by atoms with Crippen LogP contribution in [0, 0.1) is 5.92 Å². The predicted molar refractivity (Wildman–Crippen MR) is 111 cm³/mol. The van der Waals surface area contributed by atoms with Gasteiger partial charge >= 0.3 is 5.97 Å². The summed E-state index contributed by atoms with van der Waals surface area (Å²) in [7, 11) is 1.60. The highest BCUT2D eigenvalue weighted by molar-refractivity contribution is 7.12. The number of thiophene rings is 1. The van der Waals surface area contributed by atoms with Crippen molar-refractivity contribution in [2.75, 3.05) is 20.3 Å². The monoisotopic (exact) mass is 418 g/mol. The summed E-state index contributed by atoms with van der Waals surface area (Å²) >= 11 is 1.29. The van der Waals surface area contributed by atoms with Crippen molar-refractivity contribution in [1.29, 1.82) is 0 Å². The number of nitrogens with one attached hydrogen (secondary N) is 2. The first-order chi connectivity index (χ1) is 13.9. The van der Waals surface area contributed by atoms with Crippen LogP contribution in [0.5, 0.6) is 5.75 Å². The van der Waals surface area contributed by atoms with Crippen LogP contribution in [-0.2, 0) is 20.7 Å². The molecule has 0 unspecified atom stereocenters. The lowest BCUT2D eigenvalue weighted by Crippen LogP contribution is -2.46. The van der Waals surface area contributed by atoms with E-state index in [4.69, 9.17) is 9.47 Å². The second-order valence-corrected chi connectivity index (χ2v) is 7.64. The Morgan fingerprint density at radius 1 is 1.10 bits per heavy atom. The fourth-order valence-corrected chi connectivity index (χ4v) is 3.27. The Morgan fingerprint density at radius 3 is 2.52 bits per heavy atom. The third-order valence-corrected chi connectivity index (χ3v) is 5.08. The molecule has 2 N–H and O–H groups in total. The molecular weight excluding hydrogens is 392 g/mol. The summed E-state index contributed by atoms with van der Waals surface area (Å²) in [5.74, 6) is -0.795. The van der Waals surface area contributed by atoms with Crippen LogP contribution in [0.3, 0.4) is 0 Å². The summed E-state index contributed by atoms with van der Waals surface area (Å²) in [6.45, 7) is 3.59. The van der Waals surface area contributed by atoms with Gasteiger partial charge in [-0.3, -0.25) is 9.59 Å². The number of hydrogen-bond acceptors (Lipinski definition) is 6. The first kappa shape index (κ1) is 22.4. The van der Waals surface area contributed by atoms with E-state index in [1.165, 1.54) is 11.3 Å². The summed E-state index contributed by atoms with van der Waals surface area (Å²) < 4.78 is 10.4. The largest absolute Gasteiger partial charge is 0.496 e. The standard InChI is InChI=1S/C21H26N2O5S/c1-14(2)19(23-20(25)17-9-6-12-29-17)21(26)28-13-18(24)22-11-10-15-7-4-5-8-16(15)27-3/h4-9,12,14,19H,10-11,13H2,1-3H3,(H,22,24)(H,23,25)/t19-/m0/s1. The van der Waals surface area contributed by atoms with E-state index in [0.717, 1.165) is 11.3 Å². The molecule has 0 bridgehead atoms. The van der Waals surface area contributed by atoms with E-state index in [2.05, 4.69) is 10.6 Å². The van der Waals surface area contributed by atoms with Crippen LogP contribution in [0.4, 0.5) is 0 Å². The Hall–Kier alpha value is -2.87. The number of para-hydroxylation sites is 1. The molecule has 2 rings (SSSR count). The molecule has 0 spiro atoms. The van der Waals surface area contributed by atoms with Crippen LogP contribution in [0.1, 0.15) is 29.1 Å². The maximum absolute atomic E-state index is 12.3. The molecule has 1 aromatic carbocycles. The zero-order valence-electron chi connectivity index (χ0n) is 16.8. The Bertz CT molecular complexity index is 820. The second kappa shape index (κ2) is 11.2. The number of hydrogen-bond donors (Lipinski definition) is 2. The summed E-state index contributed by atoms with van der Waals surface area (Å²) in [4.78, 5) is 37.0. The SMILES string of the molecule is COc1ccccc1CCNC(=O)COC(=O)[C@@H](NC(=O)c1cccs1)C(C)C. The zero-order chi connectivity index (χ0) is 21.2. The number of rotatable bonds is 10. The van der Waals surface area contributed by atoms with Gasteiger partial charge < -0.3 is 20.1 Å². The quantitative estimate of drug-likeness (QED) is 0.578. The third-order valence-electron chi connectivity index (χ3n) is 4.21. The molecule has 8 heteroatoms. The van der Waals surface area contributed by atoms with Gasteiger partial charge in [0.2, 0.25) is 0 Å². The van der Waals surface area contributed by atoms with E-state index in [1.54, 1.807) is 38.5 Å². The van der Waals surface area contributed by atoms with Crippen LogP contribution in [-0.4, -0.2) is 44.1 Å². The van der Waals surface area contributed by atoms with Crippen molar-refractivity contribution >= 4 is 29.1 Å². The van der Waals surface area contributed by atoms with E-state index in [0.29, 0.717) is 17.8 Å². The van der Waals surface area contributed by atoms with E-state index in [9.17, 15) is 14.4 Å². The van der Waals surface area contributed by atoms with Crippen molar-refractivity contribution in [3.05, 3.63) is 52.2 Å². The van der Waals surface area contributed by atoms with E-state index < -0.39 is 24.5 Å². The van der Waals surface area contributed by atoms with Crippen molar-refractivity contribution in [1.82, 2.24) is 10.6 Å². The normalized spacial score (nSPS) is 11.6. The van der Waals surface area contributed by atoms with E-state index >= 15 is 0 Å². The van der Waals surface area contributed by atoms with Crippen LogP contribution in [0.25, 0.3) is 0 Å². The van der Waals surface area contributed by atoms with Crippen molar-refractivity contribution in [3.63, 3.8) is 0 Å². The fourth-order valence-electron chi connectivity index (χ4n) is 2.64. The maximum atomic E-state index is 12.3. The van der Waals surface area contributed by atoms with Crippen molar-refractivity contribution in [3.8, 4) is 5.75 Å². The lowest BCUT2D eigenvalue weighted by Gasteiger charge is -2.20. The zero-order valence-corrected chi connectivity index (χ0v) is 17.6. The average Bonchev–Trinajstić information content (AvgIpc) is 3.25. The molecule has 1 aromatic heterocycles. The van der Waals surface area contributed by atoms with Gasteiger partial charge in [-0.1, -0.05) is 38.1 Å². The molecule has 0 saturated heterocycles. The number of methoxy groups -OCH3 is 1. The second-order valence-electron chi connectivity index (χ2n) is 6.69. The predicted octanol–water partition coefficient (Wildman–Crippen LogP) is 2.41. The average molecular weight is 419 g/mol. The molecule has 0 radical (unpaired) electrons. The van der Waals surface area contributed by atoms with Crippen molar-refractivity contribution in [2.24, 2.45) is 5.92 Å². The summed E-state index contributed by atoms with van der Waals surface area (Å²) in [5.41, 5.74) is 0.975. The molecule has 1 heterocycles. The summed E-state index contributed by atoms with van der Waals surface area (Å²) in [5, 5.41) is 7.17. The van der Waals surface area contributed by atoms with Crippen LogP contribution in [0.15, 0.2) is 41.8 Å². The first-order valence-electron chi connectivity index (χ1n) is 9.32. The van der Waals surface area contributed by atoms with Crippen molar-refractivity contribution in [2.45, 2.75) is 26.3 Å². The van der Waals surface area contributed by atoms with Gasteiger partial charge in [0.05, 0.1) is 12.0 Å². The van der Waals surface area contributed by atoms with Gasteiger partial charge in [0, 0.05) is 6.54 Å². The molecule has 7 nitrogen and oxygen atoms in total. The molecule has 0 fully saturated rings. The smallest absolute Gasteiger partial charge is 0.329 e. The molecule has 0 aliphatic rings. The number of esters is 1. The minimum absolute atomic E-state index is 0.181. The molecule has 29 heavy (non-hydrogen) atoms. The van der Waals surface area contributed by atoms with Crippen LogP contribution >= 0.6 is 11.3 Å². The highest BCUT2D eigenvalue weighted by atomic mass is 32.1. The molecule has 0 saturated carbocycles. The van der Waals surface area contributed by atoms with Gasteiger partial charge in [0.1, 0.15) is 11.8 Å². The molecular formula is C21H26N2O5S. The third kappa shape index (κ3) is 6.90. The number of amides is 2. The lowest BCUT2D eigenvalue weighted by atomic mass is 10.0. The van der Waals surface area contributed by atoms with Crippen molar-refractivity contribution < 1.29 is 23.9 Å². The molecule has 0 aliphatic heterocycles. The van der Waals surface area contributed by atoms with Crippen LogP contribution < -0.4 is 15.4 Å². The number of carbonyl (C=O) groups is 3. The Balaban J connectivity index is 1.78. The molecule has 2 amide bonds. The highest BCUT2D eigenvalue weighted by Gasteiger charge is 2.27. The first-order valence-corrected chi connectivity index (χ1v) is 10.2. The Labute approximate surface area is 174 Å². The minimum atomic E-state index is -0.828. The number of ether oxygens (including phenoxy) is 2. The molecule has 0 aliphatic carbocycles. The van der Waals surface area contributed by atoms with E-state index in [-0.39, 0.29) is 11.8 Å². The minimum Gasteiger partial charge on any atom is -0.496 e. The highest BCUT2D eigenvalue weighted by Crippen LogP contribution is 2.17. The Morgan fingerprint density at radius 2 is 1.86 bits per heavy atom. The van der Waals surface area contributed by atoms with Gasteiger partial charge in [-0.25, -0.2) is 4.79 Å². The van der Waals surface area contributed by atoms with Gasteiger partial charge in [0.25, 0.3) is 11.8 Å². The topological polar surface area (TPSA) is 93.7 Å². The van der Waals surface area contributed by atoms with E-state index in [1.807, 2.05) is 24.3 Å². The number of carbonyl (C=O) groups excluding carboxylic acids is 3. The van der Waals surface area contributed by atoms with Crippen LogP contribution in [0.2, 0.25) is 0 Å². The van der Waals surface area contributed by atoms with Gasteiger partial charge in [0.15, 0.2) is 6.61 Å². The van der Waals surface area contributed by atoms with Gasteiger partial charge in [-0.05, 0) is 35.4 Å². The molecule has 156 valence electrons. The Kier molecular flexibility index (Phi) is 8.67. The van der Waals surface area contributed by atoms with Gasteiger partial charge in [-0.2, -0.15) is 0 Å². The molecule has 1 atom stereocenters. The summed E-state index contributed by atoms with van der Waals surface area (Å²) in [6, 6.07) is 10.2.